The maximum atomic E-state index is 13.3. The third kappa shape index (κ3) is 4.09. The number of anilines is 2. The van der Waals surface area contributed by atoms with Crippen molar-refractivity contribution in [2.45, 2.75) is 44.9 Å². The van der Waals surface area contributed by atoms with Gasteiger partial charge in [0, 0.05) is 38.0 Å². The molecule has 0 spiro atoms. The van der Waals surface area contributed by atoms with E-state index in [9.17, 15) is 13.2 Å². The van der Waals surface area contributed by atoms with Crippen LogP contribution in [0.3, 0.4) is 0 Å². The minimum Gasteiger partial charge on any atom is -0.381 e. The predicted octanol–water partition coefficient (Wildman–Crippen LogP) is 2.31. The number of hydrogen-bond donors (Lipinski definition) is 2. The SMILES string of the molecule is Cn1cc(N(CC2CCOC2)S(=O)(=O)NC(=O)Nc2c3c(cc4c2CCC4)CCC3)cn1. The number of amides is 2. The van der Waals surface area contributed by atoms with Gasteiger partial charge in [-0.2, -0.15) is 13.5 Å². The monoisotopic (exact) mass is 459 g/mol. The molecule has 2 N–H and O–H groups in total. The van der Waals surface area contributed by atoms with Gasteiger partial charge in [0.15, 0.2) is 0 Å². The van der Waals surface area contributed by atoms with Crippen molar-refractivity contribution in [3.8, 4) is 0 Å². The summed E-state index contributed by atoms with van der Waals surface area (Å²) in [6.07, 6.45) is 9.86. The molecule has 2 aromatic rings. The van der Waals surface area contributed by atoms with Crippen LogP contribution in [-0.4, -0.2) is 44.0 Å². The standard InChI is InChI=1S/C22H29N5O4S/c1-26-13-18(11-23-26)27(12-15-8-9-31-14-15)32(29,30)25-22(28)24-21-19-6-2-4-16(19)10-17-5-3-7-20(17)21/h10-11,13,15H,2-9,12,14H2,1H3,(H2,24,25,28). The zero-order valence-corrected chi connectivity index (χ0v) is 19.1. The second kappa shape index (κ2) is 8.40. The number of benzene rings is 1. The molecule has 1 aromatic heterocycles. The largest absolute Gasteiger partial charge is 0.381 e. The van der Waals surface area contributed by atoms with Crippen LogP contribution in [0.5, 0.6) is 0 Å². The molecule has 1 aliphatic heterocycles. The Kier molecular flexibility index (Phi) is 5.58. The first kappa shape index (κ1) is 21.3. The Hall–Kier alpha value is -2.59. The highest BCUT2D eigenvalue weighted by molar-refractivity contribution is 7.91. The maximum Gasteiger partial charge on any atom is 0.334 e. The Morgan fingerprint density at radius 1 is 1.22 bits per heavy atom. The van der Waals surface area contributed by atoms with Crippen molar-refractivity contribution in [3.63, 3.8) is 0 Å². The van der Waals surface area contributed by atoms with Crippen LogP contribution in [0.25, 0.3) is 0 Å². The van der Waals surface area contributed by atoms with Crippen LogP contribution in [0.2, 0.25) is 0 Å². The minimum absolute atomic E-state index is 0.0653. The normalized spacial score (nSPS) is 19.6. The van der Waals surface area contributed by atoms with Crippen molar-refractivity contribution >= 4 is 27.6 Å². The molecule has 172 valence electrons. The molecule has 0 bridgehead atoms. The number of fused-ring (bicyclic) bond motifs is 2. The van der Waals surface area contributed by atoms with Crippen LogP contribution in [0, 0.1) is 5.92 Å². The summed E-state index contributed by atoms with van der Waals surface area (Å²) in [5.41, 5.74) is 6.11. The average molecular weight is 460 g/mol. The molecule has 1 atom stereocenters. The Labute approximate surface area is 188 Å². The summed E-state index contributed by atoms with van der Waals surface area (Å²) in [5.74, 6) is 0.0653. The fourth-order valence-corrected chi connectivity index (χ4v) is 6.29. The first-order chi connectivity index (χ1) is 15.4. The second-order valence-electron chi connectivity index (χ2n) is 8.93. The Bertz CT molecular complexity index is 1110. The van der Waals surface area contributed by atoms with Crippen LogP contribution < -0.4 is 14.3 Å². The number of rotatable bonds is 6. The third-order valence-electron chi connectivity index (χ3n) is 6.65. The molecule has 0 radical (unpaired) electrons. The molecule has 1 unspecified atom stereocenters. The highest BCUT2D eigenvalue weighted by Crippen LogP contribution is 2.38. The average Bonchev–Trinajstić information content (AvgIpc) is 3.52. The van der Waals surface area contributed by atoms with Crippen LogP contribution in [0.15, 0.2) is 18.5 Å². The molecule has 32 heavy (non-hydrogen) atoms. The van der Waals surface area contributed by atoms with Crippen molar-refractivity contribution in [2.24, 2.45) is 13.0 Å². The molecule has 0 saturated carbocycles. The molecule has 1 aromatic carbocycles. The number of ether oxygens (including phenoxy) is 1. The van der Waals surface area contributed by atoms with Gasteiger partial charge in [0.25, 0.3) is 0 Å². The number of hydrogen-bond acceptors (Lipinski definition) is 5. The highest BCUT2D eigenvalue weighted by atomic mass is 32.2. The van der Waals surface area contributed by atoms with E-state index < -0.39 is 16.2 Å². The minimum atomic E-state index is -4.13. The number of carbonyl (C=O) groups is 1. The zero-order chi connectivity index (χ0) is 22.3. The lowest BCUT2D eigenvalue weighted by Crippen LogP contribution is -2.47. The molecule has 3 aliphatic rings. The fraction of sp³-hybridized carbons (Fsp3) is 0.545. The van der Waals surface area contributed by atoms with Crippen molar-refractivity contribution in [1.82, 2.24) is 14.5 Å². The molecule has 9 nitrogen and oxygen atoms in total. The molecule has 10 heteroatoms. The van der Waals surface area contributed by atoms with E-state index in [0.717, 1.165) is 61.8 Å². The summed E-state index contributed by atoms with van der Waals surface area (Å²) >= 11 is 0. The van der Waals surface area contributed by atoms with Crippen molar-refractivity contribution in [2.75, 3.05) is 29.4 Å². The number of nitrogens with zero attached hydrogens (tertiary/aromatic N) is 3. The molecule has 2 amide bonds. The van der Waals surface area contributed by atoms with Crippen molar-refractivity contribution in [1.29, 1.82) is 0 Å². The number of nitrogens with one attached hydrogen (secondary N) is 2. The van der Waals surface area contributed by atoms with Crippen molar-refractivity contribution in [3.05, 3.63) is 40.7 Å². The van der Waals surface area contributed by atoms with E-state index in [1.807, 2.05) is 0 Å². The van der Waals surface area contributed by atoms with E-state index in [1.165, 1.54) is 21.6 Å². The van der Waals surface area contributed by atoms with E-state index >= 15 is 0 Å². The van der Waals surface area contributed by atoms with Gasteiger partial charge in [0.1, 0.15) is 0 Å². The quantitative estimate of drug-likeness (QED) is 0.690. The van der Waals surface area contributed by atoms with Gasteiger partial charge < -0.3 is 10.1 Å². The molecule has 2 heterocycles. The van der Waals surface area contributed by atoms with Gasteiger partial charge >= 0.3 is 16.2 Å². The Morgan fingerprint density at radius 3 is 2.53 bits per heavy atom. The van der Waals surface area contributed by atoms with E-state index in [2.05, 4.69) is 21.2 Å². The lowest BCUT2D eigenvalue weighted by Gasteiger charge is -2.25. The smallest absolute Gasteiger partial charge is 0.334 e. The topological polar surface area (TPSA) is 106 Å². The van der Waals surface area contributed by atoms with Gasteiger partial charge in [0.05, 0.1) is 18.5 Å². The number of urea groups is 1. The molecule has 1 saturated heterocycles. The highest BCUT2D eigenvalue weighted by Gasteiger charge is 2.31. The van der Waals surface area contributed by atoms with E-state index in [4.69, 9.17) is 4.74 Å². The van der Waals surface area contributed by atoms with Crippen molar-refractivity contribution < 1.29 is 17.9 Å². The van der Waals surface area contributed by atoms with E-state index in [1.54, 1.807) is 17.9 Å². The molecule has 1 fully saturated rings. The number of carbonyl (C=O) groups excluding carboxylic acids is 1. The first-order valence-corrected chi connectivity index (χ1v) is 12.7. The number of aryl methyl sites for hydroxylation is 3. The molecule has 2 aliphatic carbocycles. The Balaban J connectivity index is 1.38. The predicted molar refractivity (Wildman–Crippen MR) is 121 cm³/mol. The lowest BCUT2D eigenvalue weighted by molar-refractivity contribution is 0.187. The molecular formula is C22H29N5O4S. The molecule has 5 rings (SSSR count). The van der Waals surface area contributed by atoms with E-state index in [0.29, 0.717) is 18.9 Å². The zero-order valence-electron chi connectivity index (χ0n) is 18.3. The van der Waals surface area contributed by atoms with Gasteiger partial charge in [-0.15, -0.1) is 0 Å². The number of aromatic nitrogens is 2. The summed E-state index contributed by atoms with van der Waals surface area (Å²) in [4.78, 5) is 12.9. The second-order valence-corrected chi connectivity index (χ2v) is 10.5. The summed E-state index contributed by atoms with van der Waals surface area (Å²) < 4.78 is 37.0. The van der Waals surface area contributed by atoms with Crippen LogP contribution in [0.4, 0.5) is 16.2 Å². The summed E-state index contributed by atoms with van der Waals surface area (Å²) in [7, 11) is -2.41. The summed E-state index contributed by atoms with van der Waals surface area (Å²) in [5, 5.41) is 7.00. The van der Waals surface area contributed by atoms with Gasteiger partial charge in [-0.1, -0.05) is 6.07 Å². The van der Waals surface area contributed by atoms with E-state index in [-0.39, 0.29) is 12.5 Å². The van der Waals surface area contributed by atoms with Gasteiger partial charge in [-0.05, 0) is 67.2 Å². The first-order valence-electron chi connectivity index (χ1n) is 11.2. The fourth-order valence-electron chi connectivity index (χ4n) is 5.12. The summed E-state index contributed by atoms with van der Waals surface area (Å²) in [6, 6.07) is 1.55. The molecular weight excluding hydrogens is 430 g/mol. The van der Waals surface area contributed by atoms with Gasteiger partial charge in [0.2, 0.25) is 0 Å². The van der Waals surface area contributed by atoms with Crippen LogP contribution in [-0.2, 0) is 47.7 Å². The van der Waals surface area contributed by atoms with Crippen LogP contribution in [0.1, 0.15) is 41.5 Å². The van der Waals surface area contributed by atoms with Crippen LogP contribution >= 0.6 is 0 Å². The van der Waals surface area contributed by atoms with Gasteiger partial charge in [-0.25, -0.2) is 13.8 Å². The maximum absolute atomic E-state index is 13.3. The van der Waals surface area contributed by atoms with Gasteiger partial charge in [-0.3, -0.25) is 4.68 Å². The lowest BCUT2D eigenvalue weighted by atomic mass is 9.99. The summed E-state index contributed by atoms with van der Waals surface area (Å²) in [6.45, 7) is 1.34. The Morgan fingerprint density at radius 2 is 1.94 bits per heavy atom. The third-order valence-corrected chi connectivity index (χ3v) is 8.03.